The van der Waals surface area contributed by atoms with Gasteiger partial charge in [0.2, 0.25) is 0 Å². The van der Waals surface area contributed by atoms with E-state index >= 15 is 0 Å². The number of carbonyl (C=O) groups excluding carboxylic acids is 1. The molecule has 3 rings (SSSR count). The zero-order valence-corrected chi connectivity index (χ0v) is 10.1. The summed E-state index contributed by atoms with van der Waals surface area (Å²) >= 11 is 0. The molecule has 1 aromatic carbocycles. The highest BCUT2D eigenvalue weighted by atomic mass is 19.1. The second-order valence-corrected chi connectivity index (χ2v) is 5.45. The van der Waals surface area contributed by atoms with Crippen LogP contribution in [-0.4, -0.2) is 23.9 Å². The van der Waals surface area contributed by atoms with Crippen LogP contribution in [-0.2, 0) is 0 Å². The molecule has 96 valence electrons. The van der Waals surface area contributed by atoms with Crippen LogP contribution < -0.4 is 0 Å². The van der Waals surface area contributed by atoms with Gasteiger partial charge in [-0.3, -0.25) is 4.79 Å². The van der Waals surface area contributed by atoms with Gasteiger partial charge in [-0.1, -0.05) is 0 Å². The van der Waals surface area contributed by atoms with E-state index in [9.17, 15) is 13.6 Å². The predicted molar refractivity (Wildman–Crippen MR) is 63.2 cm³/mol. The molecule has 2 nitrogen and oxygen atoms in total. The van der Waals surface area contributed by atoms with E-state index in [0.717, 1.165) is 31.0 Å². The van der Waals surface area contributed by atoms with Crippen molar-refractivity contribution in [1.82, 2.24) is 4.90 Å². The van der Waals surface area contributed by atoms with E-state index in [-0.39, 0.29) is 11.5 Å². The van der Waals surface area contributed by atoms with Gasteiger partial charge in [-0.2, -0.15) is 0 Å². The lowest BCUT2D eigenvalue weighted by Gasteiger charge is -2.32. The van der Waals surface area contributed by atoms with Gasteiger partial charge in [0.15, 0.2) is 0 Å². The third kappa shape index (κ3) is 2.11. The molecule has 1 saturated carbocycles. The highest BCUT2D eigenvalue weighted by molar-refractivity contribution is 5.94. The highest BCUT2D eigenvalue weighted by Gasteiger charge is 2.45. The Balaban J connectivity index is 1.74. The molecule has 0 aromatic heterocycles. The Hall–Kier alpha value is -1.45. The number of halogens is 2. The smallest absolute Gasteiger partial charge is 0.254 e. The van der Waals surface area contributed by atoms with E-state index in [4.69, 9.17) is 0 Å². The maximum atomic E-state index is 13.1. The van der Waals surface area contributed by atoms with Crippen LogP contribution in [0.3, 0.4) is 0 Å². The lowest BCUT2D eigenvalue weighted by atomic mass is 9.93. The number of likely N-dealkylation sites (tertiary alicyclic amines) is 1. The third-order valence-corrected chi connectivity index (χ3v) is 4.18. The van der Waals surface area contributed by atoms with Crippen molar-refractivity contribution >= 4 is 5.91 Å². The Morgan fingerprint density at radius 2 is 1.56 bits per heavy atom. The quantitative estimate of drug-likeness (QED) is 0.751. The summed E-state index contributed by atoms with van der Waals surface area (Å²) in [7, 11) is 0. The topological polar surface area (TPSA) is 20.3 Å². The molecular formula is C14H15F2NO. The standard InChI is InChI=1S/C14H15F2NO/c15-11-7-10(8-12(16)9-11)13(18)17-5-3-14(1-2-14)4-6-17/h7-9H,1-6H2. The molecule has 0 atom stereocenters. The van der Waals surface area contributed by atoms with Gasteiger partial charge in [-0.25, -0.2) is 8.78 Å². The number of hydrogen-bond donors (Lipinski definition) is 0. The van der Waals surface area contributed by atoms with Crippen LogP contribution in [0.2, 0.25) is 0 Å². The van der Waals surface area contributed by atoms with Crippen LogP contribution in [0.15, 0.2) is 18.2 Å². The van der Waals surface area contributed by atoms with Crippen LogP contribution in [0, 0.1) is 17.0 Å². The highest BCUT2D eigenvalue weighted by Crippen LogP contribution is 2.53. The Morgan fingerprint density at radius 3 is 2.06 bits per heavy atom. The van der Waals surface area contributed by atoms with E-state index in [0.29, 0.717) is 18.5 Å². The molecule has 18 heavy (non-hydrogen) atoms. The molecule has 1 heterocycles. The molecule has 0 radical (unpaired) electrons. The van der Waals surface area contributed by atoms with Crippen molar-refractivity contribution < 1.29 is 13.6 Å². The van der Waals surface area contributed by atoms with Gasteiger partial charge in [-0.05, 0) is 43.2 Å². The van der Waals surface area contributed by atoms with E-state index in [1.165, 1.54) is 12.8 Å². The fraction of sp³-hybridized carbons (Fsp3) is 0.500. The predicted octanol–water partition coefficient (Wildman–Crippen LogP) is 2.98. The molecule has 1 spiro atoms. The Kier molecular flexibility index (Phi) is 2.61. The molecule has 1 aromatic rings. The molecule has 1 aliphatic carbocycles. The van der Waals surface area contributed by atoms with E-state index in [2.05, 4.69) is 0 Å². The molecule has 1 aliphatic heterocycles. The molecule has 0 bridgehead atoms. The molecule has 4 heteroatoms. The number of carbonyl (C=O) groups is 1. The zero-order chi connectivity index (χ0) is 12.8. The minimum atomic E-state index is -0.700. The fourth-order valence-electron chi connectivity index (χ4n) is 2.72. The van der Waals surface area contributed by atoms with Crippen molar-refractivity contribution in [3.8, 4) is 0 Å². The van der Waals surface area contributed by atoms with Crippen LogP contribution >= 0.6 is 0 Å². The second-order valence-electron chi connectivity index (χ2n) is 5.45. The lowest BCUT2D eigenvalue weighted by molar-refractivity contribution is 0.0677. The molecule has 1 saturated heterocycles. The summed E-state index contributed by atoms with van der Waals surface area (Å²) in [6.45, 7) is 1.41. The van der Waals surface area contributed by atoms with Crippen LogP contribution in [0.5, 0.6) is 0 Å². The van der Waals surface area contributed by atoms with E-state index < -0.39 is 11.6 Å². The molecule has 0 N–H and O–H groups in total. The first-order valence-electron chi connectivity index (χ1n) is 6.33. The first-order chi connectivity index (χ1) is 8.58. The van der Waals surface area contributed by atoms with Crippen LogP contribution in [0.1, 0.15) is 36.0 Å². The van der Waals surface area contributed by atoms with E-state index in [1.54, 1.807) is 4.90 Å². The monoisotopic (exact) mass is 251 g/mol. The van der Waals surface area contributed by atoms with Gasteiger partial charge in [-0.15, -0.1) is 0 Å². The Morgan fingerprint density at radius 1 is 1.00 bits per heavy atom. The first kappa shape index (κ1) is 11.6. The summed E-state index contributed by atoms with van der Waals surface area (Å²) < 4.78 is 26.2. The second kappa shape index (κ2) is 4.04. The Bertz CT molecular complexity index is 466. The number of hydrogen-bond acceptors (Lipinski definition) is 1. The summed E-state index contributed by atoms with van der Waals surface area (Å²) in [4.78, 5) is 13.8. The normalized spacial score (nSPS) is 21.1. The maximum absolute atomic E-state index is 13.1. The van der Waals surface area contributed by atoms with Crippen molar-refractivity contribution in [2.75, 3.05) is 13.1 Å². The van der Waals surface area contributed by atoms with Crippen molar-refractivity contribution in [3.05, 3.63) is 35.4 Å². The van der Waals surface area contributed by atoms with Gasteiger partial charge in [0.05, 0.1) is 0 Å². The van der Waals surface area contributed by atoms with Gasteiger partial charge in [0, 0.05) is 24.7 Å². The summed E-state index contributed by atoms with van der Waals surface area (Å²) in [5.74, 6) is -1.66. The average molecular weight is 251 g/mol. The molecule has 1 amide bonds. The largest absolute Gasteiger partial charge is 0.339 e. The van der Waals surface area contributed by atoms with Gasteiger partial charge < -0.3 is 4.90 Å². The van der Waals surface area contributed by atoms with Crippen LogP contribution in [0.4, 0.5) is 8.78 Å². The molecule has 2 aliphatic rings. The Labute approximate surface area is 105 Å². The minimum Gasteiger partial charge on any atom is -0.339 e. The number of amides is 1. The van der Waals surface area contributed by atoms with Gasteiger partial charge >= 0.3 is 0 Å². The van der Waals surface area contributed by atoms with Crippen molar-refractivity contribution in [3.63, 3.8) is 0 Å². The average Bonchev–Trinajstić information content (AvgIpc) is 3.08. The van der Waals surface area contributed by atoms with Crippen molar-refractivity contribution in [2.24, 2.45) is 5.41 Å². The van der Waals surface area contributed by atoms with Crippen LogP contribution in [0.25, 0.3) is 0 Å². The third-order valence-electron chi connectivity index (χ3n) is 4.18. The first-order valence-corrected chi connectivity index (χ1v) is 6.33. The lowest BCUT2D eigenvalue weighted by Crippen LogP contribution is -2.39. The number of nitrogens with zero attached hydrogens (tertiary/aromatic N) is 1. The summed E-state index contributed by atoms with van der Waals surface area (Å²) in [6.07, 6.45) is 4.58. The maximum Gasteiger partial charge on any atom is 0.254 e. The minimum absolute atomic E-state index is 0.110. The summed E-state index contributed by atoms with van der Waals surface area (Å²) in [5.41, 5.74) is 0.600. The van der Waals surface area contributed by atoms with E-state index in [1.807, 2.05) is 0 Å². The number of rotatable bonds is 1. The summed E-state index contributed by atoms with van der Waals surface area (Å²) in [5, 5.41) is 0. The molecule has 2 fully saturated rings. The SMILES string of the molecule is O=C(c1cc(F)cc(F)c1)N1CCC2(CC1)CC2. The fourth-order valence-corrected chi connectivity index (χ4v) is 2.72. The number of piperidine rings is 1. The zero-order valence-electron chi connectivity index (χ0n) is 10.1. The van der Waals surface area contributed by atoms with Crippen molar-refractivity contribution in [1.29, 1.82) is 0 Å². The van der Waals surface area contributed by atoms with Gasteiger partial charge in [0.1, 0.15) is 11.6 Å². The van der Waals surface area contributed by atoms with Crippen molar-refractivity contribution in [2.45, 2.75) is 25.7 Å². The summed E-state index contributed by atoms with van der Waals surface area (Å²) in [6, 6.07) is 2.99. The van der Waals surface area contributed by atoms with Gasteiger partial charge in [0.25, 0.3) is 5.91 Å². The molecule has 0 unspecified atom stereocenters. The number of benzene rings is 1. The molecular weight excluding hydrogens is 236 g/mol.